The maximum atomic E-state index is 11.8. The van der Waals surface area contributed by atoms with Crippen molar-refractivity contribution in [3.63, 3.8) is 0 Å². The standard InChI is InChI=1S/C11H13I3N2OS/c1-6(4-15)18-5-10(17)16-11-8(13)2-7(12)3-9(11)14/h2-3,6H,4-5,15H2,1H3,(H,16,17). The van der Waals surface area contributed by atoms with E-state index in [4.69, 9.17) is 5.73 Å². The zero-order valence-electron chi connectivity index (χ0n) is 9.67. The Hall–Kier alpha value is 1.19. The molecule has 1 aromatic rings. The monoisotopic (exact) mass is 602 g/mol. The molecule has 0 bridgehead atoms. The van der Waals surface area contributed by atoms with Crippen molar-refractivity contribution in [3.8, 4) is 0 Å². The van der Waals surface area contributed by atoms with Gasteiger partial charge in [-0.05, 0) is 79.9 Å². The number of nitrogens with two attached hydrogens (primary N) is 1. The highest BCUT2D eigenvalue weighted by molar-refractivity contribution is 14.1. The van der Waals surface area contributed by atoms with E-state index in [9.17, 15) is 4.79 Å². The Morgan fingerprint density at radius 1 is 1.39 bits per heavy atom. The smallest absolute Gasteiger partial charge is 0.234 e. The van der Waals surface area contributed by atoms with Gasteiger partial charge in [0.05, 0.1) is 11.4 Å². The van der Waals surface area contributed by atoms with Gasteiger partial charge in [0.1, 0.15) is 0 Å². The summed E-state index contributed by atoms with van der Waals surface area (Å²) >= 11 is 8.33. The SMILES string of the molecule is CC(CN)SCC(=O)Nc1c(I)cc(I)cc1I. The van der Waals surface area contributed by atoms with Crippen LogP contribution in [0.15, 0.2) is 12.1 Å². The molecule has 100 valence electrons. The van der Waals surface area contributed by atoms with E-state index < -0.39 is 0 Å². The van der Waals surface area contributed by atoms with Crippen molar-refractivity contribution in [2.24, 2.45) is 5.73 Å². The fourth-order valence-electron chi connectivity index (χ4n) is 1.12. The number of amides is 1. The highest BCUT2D eigenvalue weighted by Crippen LogP contribution is 2.27. The van der Waals surface area contributed by atoms with Crippen molar-refractivity contribution in [2.75, 3.05) is 17.6 Å². The molecule has 0 heterocycles. The molecular formula is C11H13I3N2OS. The number of carbonyl (C=O) groups excluding carboxylic acids is 1. The molecule has 3 nitrogen and oxygen atoms in total. The van der Waals surface area contributed by atoms with Crippen molar-refractivity contribution in [1.29, 1.82) is 0 Å². The third kappa shape index (κ3) is 5.67. The summed E-state index contributed by atoms with van der Waals surface area (Å²) < 4.78 is 3.30. The normalized spacial score (nSPS) is 12.3. The molecule has 0 saturated heterocycles. The minimum absolute atomic E-state index is 0.0253. The number of nitrogens with one attached hydrogen (secondary N) is 1. The summed E-state index contributed by atoms with van der Waals surface area (Å²) in [5.74, 6) is 0.466. The number of hydrogen-bond acceptors (Lipinski definition) is 3. The first-order chi connectivity index (χ1) is 8.43. The highest BCUT2D eigenvalue weighted by Gasteiger charge is 2.11. The minimum Gasteiger partial charge on any atom is -0.329 e. The van der Waals surface area contributed by atoms with Gasteiger partial charge in [-0.1, -0.05) is 6.92 Å². The van der Waals surface area contributed by atoms with Gasteiger partial charge in [-0.2, -0.15) is 0 Å². The first kappa shape index (κ1) is 17.2. The van der Waals surface area contributed by atoms with Crippen LogP contribution < -0.4 is 11.1 Å². The molecule has 1 atom stereocenters. The van der Waals surface area contributed by atoms with Crippen LogP contribution in [-0.4, -0.2) is 23.5 Å². The van der Waals surface area contributed by atoms with Gasteiger partial charge in [-0.15, -0.1) is 11.8 Å². The molecule has 18 heavy (non-hydrogen) atoms. The maximum absolute atomic E-state index is 11.8. The van der Waals surface area contributed by atoms with Crippen molar-refractivity contribution in [1.82, 2.24) is 0 Å². The molecule has 0 aliphatic heterocycles. The number of anilines is 1. The van der Waals surface area contributed by atoms with Gasteiger partial charge in [0, 0.05) is 22.5 Å². The van der Waals surface area contributed by atoms with E-state index in [1.165, 1.54) is 3.57 Å². The number of rotatable bonds is 5. The molecule has 0 aromatic heterocycles. The van der Waals surface area contributed by atoms with Crippen LogP contribution >= 0.6 is 79.5 Å². The van der Waals surface area contributed by atoms with Crippen molar-refractivity contribution < 1.29 is 4.79 Å². The molecular weight excluding hydrogens is 589 g/mol. The summed E-state index contributed by atoms with van der Waals surface area (Å²) in [5.41, 5.74) is 6.43. The summed E-state index contributed by atoms with van der Waals surface area (Å²) in [5, 5.41) is 3.28. The fourth-order valence-corrected chi connectivity index (χ4v) is 5.62. The summed E-state index contributed by atoms with van der Waals surface area (Å²) in [7, 11) is 0. The lowest BCUT2D eigenvalue weighted by Gasteiger charge is -2.12. The number of carbonyl (C=O) groups is 1. The van der Waals surface area contributed by atoms with Crippen LogP contribution in [0.5, 0.6) is 0 Å². The summed E-state index contributed by atoms with van der Waals surface area (Å²) in [6.07, 6.45) is 0. The Balaban J connectivity index is 2.65. The van der Waals surface area contributed by atoms with Crippen molar-refractivity contribution in [2.45, 2.75) is 12.2 Å². The predicted molar refractivity (Wildman–Crippen MR) is 104 cm³/mol. The average Bonchev–Trinajstić information content (AvgIpc) is 2.30. The molecule has 0 spiro atoms. The minimum atomic E-state index is 0.0253. The third-order valence-electron chi connectivity index (χ3n) is 2.10. The second-order valence-corrected chi connectivity index (χ2v) is 8.65. The molecule has 1 aromatic carbocycles. The van der Waals surface area contributed by atoms with Gasteiger partial charge in [-0.25, -0.2) is 0 Å². The van der Waals surface area contributed by atoms with E-state index in [1.54, 1.807) is 11.8 Å². The van der Waals surface area contributed by atoms with Crippen LogP contribution in [0, 0.1) is 10.7 Å². The molecule has 0 radical (unpaired) electrons. The highest BCUT2D eigenvalue weighted by atomic mass is 127. The molecule has 0 saturated carbocycles. The second-order valence-electron chi connectivity index (χ2n) is 3.65. The second kappa shape index (κ2) is 8.47. The molecule has 0 fully saturated rings. The Morgan fingerprint density at radius 2 is 1.94 bits per heavy atom. The van der Waals surface area contributed by atoms with Crippen LogP contribution in [0.1, 0.15) is 6.92 Å². The van der Waals surface area contributed by atoms with Crippen LogP contribution in [0.4, 0.5) is 5.69 Å². The molecule has 1 rings (SSSR count). The van der Waals surface area contributed by atoms with Crippen LogP contribution in [0.2, 0.25) is 0 Å². The van der Waals surface area contributed by atoms with Gasteiger partial charge in [-0.3, -0.25) is 4.79 Å². The van der Waals surface area contributed by atoms with E-state index in [2.05, 4.69) is 85.2 Å². The fraction of sp³-hybridized carbons (Fsp3) is 0.364. The summed E-state index contributed by atoms with van der Waals surface area (Å²) in [6.45, 7) is 2.62. The van der Waals surface area contributed by atoms with Gasteiger partial charge < -0.3 is 11.1 Å². The Morgan fingerprint density at radius 3 is 2.44 bits per heavy atom. The first-order valence-electron chi connectivity index (χ1n) is 5.20. The van der Waals surface area contributed by atoms with E-state index in [-0.39, 0.29) is 5.91 Å². The van der Waals surface area contributed by atoms with Gasteiger partial charge in [0.2, 0.25) is 5.91 Å². The van der Waals surface area contributed by atoms with E-state index >= 15 is 0 Å². The van der Waals surface area contributed by atoms with Crippen LogP contribution in [0.25, 0.3) is 0 Å². The van der Waals surface area contributed by atoms with Gasteiger partial charge >= 0.3 is 0 Å². The molecule has 3 N–H and O–H groups in total. The lowest BCUT2D eigenvalue weighted by molar-refractivity contribution is -0.113. The predicted octanol–water partition coefficient (Wildman–Crippen LogP) is 3.52. The number of thioether (sulfide) groups is 1. The van der Waals surface area contributed by atoms with Crippen molar-refractivity contribution >= 4 is 91.1 Å². The van der Waals surface area contributed by atoms with Crippen LogP contribution in [-0.2, 0) is 4.79 Å². The quantitative estimate of drug-likeness (QED) is 0.508. The van der Waals surface area contributed by atoms with Crippen LogP contribution in [0.3, 0.4) is 0 Å². The average molecular weight is 602 g/mol. The number of halogens is 3. The molecule has 0 aliphatic carbocycles. The Labute approximate surface area is 152 Å². The summed E-state index contributed by atoms with van der Waals surface area (Å²) in [6, 6.07) is 4.10. The third-order valence-corrected chi connectivity index (χ3v) is 5.62. The Kier molecular flexibility index (Phi) is 8.11. The van der Waals surface area contributed by atoms with Gasteiger partial charge in [0.25, 0.3) is 0 Å². The van der Waals surface area contributed by atoms with E-state index in [1.807, 2.05) is 6.92 Å². The maximum Gasteiger partial charge on any atom is 0.234 e. The molecule has 1 amide bonds. The van der Waals surface area contributed by atoms with E-state index in [0.717, 1.165) is 12.8 Å². The van der Waals surface area contributed by atoms with Gasteiger partial charge in [0.15, 0.2) is 0 Å². The zero-order valence-corrected chi connectivity index (χ0v) is 17.0. The largest absolute Gasteiger partial charge is 0.329 e. The molecule has 0 aliphatic rings. The summed E-state index contributed by atoms with van der Waals surface area (Å²) in [4.78, 5) is 11.8. The van der Waals surface area contributed by atoms with Crippen molar-refractivity contribution in [3.05, 3.63) is 22.8 Å². The lowest BCUT2D eigenvalue weighted by atomic mass is 10.3. The molecule has 1 unspecified atom stereocenters. The topological polar surface area (TPSA) is 55.1 Å². The lowest BCUT2D eigenvalue weighted by Crippen LogP contribution is -2.20. The number of hydrogen-bond donors (Lipinski definition) is 2. The van der Waals surface area contributed by atoms with E-state index in [0.29, 0.717) is 17.5 Å². The first-order valence-corrected chi connectivity index (χ1v) is 9.48. The Bertz CT molecular complexity index is 419. The molecule has 7 heteroatoms. The number of benzene rings is 1. The zero-order chi connectivity index (χ0) is 13.7.